The SMILES string of the molecule is C=C/C=C\CC(C)CC/C(CC(CC)(CC)CCC)=C(/C(=C)C)C(=C)CC. The van der Waals surface area contributed by atoms with E-state index in [1.807, 2.05) is 6.08 Å². The molecule has 0 radical (unpaired) electrons. The van der Waals surface area contributed by atoms with E-state index in [0.29, 0.717) is 11.3 Å². The monoisotopic (exact) mass is 370 g/mol. The van der Waals surface area contributed by atoms with Crippen molar-refractivity contribution >= 4 is 0 Å². The molecule has 0 heterocycles. The number of rotatable bonds is 15. The van der Waals surface area contributed by atoms with Crippen LogP contribution in [-0.4, -0.2) is 0 Å². The lowest BCUT2D eigenvalue weighted by molar-refractivity contribution is 0.230. The van der Waals surface area contributed by atoms with Crippen molar-refractivity contribution in [3.05, 3.63) is 60.3 Å². The van der Waals surface area contributed by atoms with Gasteiger partial charge in [-0.2, -0.15) is 0 Å². The van der Waals surface area contributed by atoms with E-state index in [-0.39, 0.29) is 0 Å². The van der Waals surface area contributed by atoms with Crippen LogP contribution < -0.4 is 0 Å². The highest BCUT2D eigenvalue weighted by Gasteiger charge is 2.28. The van der Waals surface area contributed by atoms with Gasteiger partial charge in [0.1, 0.15) is 0 Å². The summed E-state index contributed by atoms with van der Waals surface area (Å²) >= 11 is 0. The first kappa shape index (κ1) is 25.7. The molecule has 1 unspecified atom stereocenters. The molecule has 0 aromatic carbocycles. The zero-order valence-electron chi connectivity index (χ0n) is 19.3. The van der Waals surface area contributed by atoms with Crippen LogP contribution in [0.15, 0.2) is 60.3 Å². The molecular weight excluding hydrogens is 324 g/mol. The Bertz CT molecular complexity index is 522. The third kappa shape index (κ3) is 8.96. The zero-order valence-corrected chi connectivity index (χ0v) is 19.3. The van der Waals surface area contributed by atoms with Crippen molar-refractivity contribution in [3.63, 3.8) is 0 Å². The van der Waals surface area contributed by atoms with Crippen LogP contribution in [-0.2, 0) is 0 Å². The molecule has 0 nitrogen and oxygen atoms in total. The molecule has 0 aliphatic heterocycles. The average Bonchev–Trinajstić information content (AvgIpc) is 2.65. The van der Waals surface area contributed by atoms with Gasteiger partial charge < -0.3 is 0 Å². The van der Waals surface area contributed by atoms with Crippen LogP contribution >= 0.6 is 0 Å². The quantitative estimate of drug-likeness (QED) is 0.252. The predicted molar refractivity (Wildman–Crippen MR) is 126 cm³/mol. The van der Waals surface area contributed by atoms with Gasteiger partial charge in [0.15, 0.2) is 0 Å². The van der Waals surface area contributed by atoms with Crippen LogP contribution in [0, 0.1) is 11.3 Å². The highest BCUT2D eigenvalue weighted by Crippen LogP contribution is 2.42. The topological polar surface area (TPSA) is 0 Å². The van der Waals surface area contributed by atoms with Crippen LogP contribution in [0.2, 0.25) is 0 Å². The van der Waals surface area contributed by atoms with Gasteiger partial charge in [-0.1, -0.05) is 103 Å². The number of hydrogen-bond acceptors (Lipinski definition) is 0. The van der Waals surface area contributed by atoms with E-state index in [4.69, 9.17) is 0 Å². The lowest BCUT2D eigenvalue weighted by Crippen LogP contribution is -2.21. The van der Waals surface area contributed by atoms with Gasteiger partial charge in [0.25, 0.3) is 0 Å². The van der Waals surface area contributed by atoms with Crippen molar-refractivity contribution in [1.82, 2.24) is 0 Å². The van der Waals surface area contributed by atoms with Crippen molar-refractivity contribution in [3.8, 4) is 0 Å². The summed E-state index contributed by atoms with van der Waals surface area (Å²) in [7, 11) is 0. The molecule has 0 aliphatic rings. The summed E-state index contributed by atoms with van der Waals surface area (Å²) in [6.45, 7) is 26.3. The van der Waals surface area contributed by atoms with Crippen molar-refractivity contribution < 1.29 is 0 Å². The second-order valence-electron chi connectivity index (χ2n) is 8.39. The minimum atomic E-state index is 0.421. The summed E-state index contributed by atoms with van der Waals surface area (Å²) in [6, 6.07) is 0. The summed E-state index contributed by atoms with van der Waals surface area (Å²) in [4.78, 5) is 0. The van der Waals surface area contributed by atoms with Crippen molar-refractivity contribution in [2.75, 3.05) is 0 Å². The van der Waals surface area contributed by atoms with Crippen LogP contribution in [0.1, 0.15) is 99.3 Å². The molecule has 0 aromatic rings. The molecule has 1 atom stereocenters. The van der Waals surface area contributed by atoms with Gasteiger partial charge in [-0.3, -0.25) is 0 Å². The summed E-state index contributed by atoms with van der Waals surface area (Å²) in [6.07, 6.45) is 16.9. The highest BCUT2D eigenvalue weighted by molar-refractivity contribution is 5.46. The number of allylic oxidation sites excluding steroid dienone is 7. The Balaban J connectivity index is 5.74. The third-order valence-corrected chi connectivity index (χ3v) is 6.18. The molecule has 0 heteroatoms. The fourth-order valence-corrected chi connectivity index (χ4v) is 4.20. The molecule has 0 aliphatic carbocycles. The Kier molecular flexibility index (Phi) is 13.1. The Hall–Kier alpha value is -1.30. The Morgan fingerprint density at radius 3 is 2.15 bits per heavy atom. The fraction of sp³-hybridized carbons (Fsp3) is 0.630. The molecule has 0 N–H and O–H groups in total. The van der Waals surface area contributed by atoms with Gasteiger partial charge in [0.2, 0.25) is 0 Å². The van der Waals surface area contributed by atoms with Gasteiger partial charge in [0.05, 0.1) is 0 Å². The van der Waals surface area contributed by atoms with Gasteiger partial charge in [-0.25, -0.2) is 0 Å². The smallest absolute Gasteiger partial charge is 0.0215 e. The molecule has 0 aromatic heterocycles. The van der Waals surface area contributed by atoms with Crippen LogP contribution in [0.4, 0.5) is 0 Å². The van der Waals surface area contributed by atoms with Crippen LogP contribution in [0.5, 0.6) is 0 Å². The molecule has 0 saturated heterocycles. The van der Waals surface area contributed by atoms with E-state index in [1.165, 1.54) is 55.2 Å². The first-order chi connectivity index (χ1) is 12.8. The van der Waals surface area contributed by atoms with Crippen molar-refractivity contribution in [2.24, 2.45) is 11.3 Å². The molecule has 0 amide bonds. The van der Waals surface area contributed by atoms with Gasteiger partial charge in [0, 0.05) is 0 Å². The Morgan fingerprint density at radius 1 is 1.07 bits per heavy atom. The van der Waals surface area contributed by atoms with E-state index in [1.54, 1.807) is 5.57 Å². The Morgan fingerprint density at radius 2 is 1.70 bits per heavy atom. The van der Waals surface area contributed by atoms with Crippen molar-refractivity contribution in [2.45, 2.75) is 99.3 Å². The predicted octanol–water partition coefficient (Wildman–Crippen LogP) is 9.37. The third-order valence-electron chi connectivity index (χ3n) is 6.18. The van der Waals surface area contributed by atoms with E-state index < -0.39 is 0 Å². The van der Waals surface area contributed by atoms with E-state index in [9.17, 15) is 0 Å². The zero-order chi connectivity index (χ0) is 20.9. The summed E-state index contributed by atoms with van der Waals surface area (Å²) in [5.41, 5.74) is 5.85. The second kappa shape index (κ2) is 13.8. The fourth-order valence-electron chi connectivity index (χ4n) is 4.20. The molecule has 0 saturated carbocycles. The molecule has 0 bridgehead atoms. The Labute approximate surface area is 171 Å². The standard InChI is InChI=1S/C27H46/c1-10-15-16-17-23(8)18-19-25(26(22(6)7)24(9)12-3)21-27(13-4,14-5)20-11-2/h10,15-16,23H,1,6,9,11-14,17-21H2,2-5,7-8H3/b16-15-,26-25+. The molecule has 27 heavy (non-hydrogen) atoms. The normalized spacial score (nSPS) is 14.1. The van der Waals surface area contributed by atoms with Crippen LogP contribution in [0.25, 0.3) is 0 Å². The first-order valence-electron chi connectivity index (χ1n) is 11.1. The van der Waals surface area contributed by atoms with E-state index in [2.05, 4.69) is 73.4 Å². The maximum Gasteiger partial charge on any atom is -0.0215 e. The minimum absolute atomic E-state index is 0.421. The van der Waals surface area contributed by atoms with Gasteiger partial charge in [-0.05, 0) is 67.9 Å². The molecule has 154 valence electrons. The highest BCUT2D eigenvalue weighted by atomic mass is 14.3. The second-order valence-corrected chi connectivity index (χ2v) is 8.39. The van der Waals surface area contributed by atoms with Crippen LogP contribution in [0.3, 0.4) is 0 Å². The summed E-state index contributed by atoms with van der Waals surface area (Å²) in [5.74, 6) is 0.682. The van der Waals surface area contributed by atoms with E-state index >= 15 is 0 Å². The maximum absolute atomic E-state index is 4.39. The van der Waals surface area contributed by atoms with E-state index in [0.717, 1.165) is 19.3 Å². The molecule has 0 spiro atoms. The average molecular weight is 371 g/mol. The summed E-state index contributed by atoms with van der Waals surface area (Å²) < 4.78 is 0. The summed E-state index contributed by atoms with van der Waals surface area (Å²) in [5, 5.41) is 0. The van der Waals surface area contributed by atoms with Gasteiger partial charge in [-0.15, -0.1) is 0 Å². The molecular formula is C27H46. The first-order valence-corrected chi connectivity index (χ1v) is 11.1. The molecule has 0 fully saturated rings. The van der Waals surface area contributed by atoms with Crippen molar-refractivity contribution in [1.29, 1.82) is 0 Å². The minimum Gasteiger partial charge on any atom is -0.0991 e. The largest absolute Gasteiger partial charge is 0.0991 e. The van der Waals surface area contributed by atoms with Gasteiger partial charge >= 0.3 is 0 Å². The number of hydrogen-bond donors (Lipinski definition) is 0. The molecule has 0 rings (SSSR count). The maximum atomic E-state index is 4.39. The lowest BCUT2D eigenvalue weighted by atomic mass is 9.71. The lowest BCUT2D eigenvalue weighted by Gasteiger charge is -2.34.